The monoisotopic (exact) mass is 260 g/mol. The highest BCUT2D eigenvalue weighted by molar-refractivity contribution is 5.90. The zero-order valence-electron chi connectivity index (χ0n) is 11.7. The molecule has 102 valence electrons. The predicted molar refractivity (Wildman–Crippen MR) is 73.6 cm³/mol. The van der Waals surface area contributed by atoms with Crippen LogP contribution in [0.1, 0.15) is 36.2 Å². The number of methoxy groups -OCH3 is 1. The van der Waals surface area contributed by atoms with Gasteiger partial charge in [0.2, 0.25) is 0 Å². The molecule has 19 heavy (non-hydrogen) atoms. The molecule has 0 heterocycles. The summed E-state index contributed by atoms with van der Waals surface area (Å²) in [6.07, 6.45) is 0.485. The van der Waals surface area contributed by atoms with E-state index in [1.165, 1.54) is 7.11 Å². The van der Waals surface area contributed by atoms with Gasteiger partial charge < -0.3 is 4.74 Å². The van der Waals surface area contributed by atoms with Crippen LogP contribution in [0.15, 0.2) is 24.3 Å². The van der Waals surface area contributed by atoms with Crippen molar-refractivity contribution >= 4 is 5.97 Å². The van der Waals surface area contributed by atoms with Crippen molar-refractivity contribution < 1.29 is 9.53 Å². The molecule has 0 spiro atoms. The molecule has 0 unspecified atom stereocenters. The molecule has 1 aromatic carbocycles. The van der Waals surface area contributed by atoms with E-state index in [0.717, 1.165) is 5.56 Å². The number of rotatable bonds is 6. The minimum atomic E-state index is -0.320. The maximum absolute atomic E-state index is 11.7. The molecule has 1 aromatic rings. The van der Waals surface area contributed by atoms with Crippen molar-refractivity contribution in [3.05, 3.63) is 35.4 Å². The second-order valence-electron chi connectivity index (χ2n) is 4.62. The Morgan fingerprint density at radius 1 is 1.42 bits per heavy atom. The number of nitrogens with zero attached hydrogens (tertiary/aromatic N) is 2. The van der Waals surface area contributed by atoms with E-state index in [1.807, 2.05) is 18.2 Å². The van der Waals surface area contributed by atoms with E-state index in [9.17, 15) is 4.79 Å². The van der Waals surface area contributed by atoms with E-state index in [4.69, 9.17) is 10.00 Å². The van der Waals surface area contributed by atoms with Crippen molar-refractivity contribution in [3.63, 3.8) is 0 Å². The van der Waals surface area contributed by atoms with Crippen molar-refractivity contribution in [2.75, 3.05) is 13.7 Å². The molecule has 4 nitrogen and oxygen atoms in total. The van der Waals surface area contributed by atoms with Crippen LogP contribution in [0.25, 0.3) is 0 Å². The molecule has 4 heteroatoms. The molecule has 0 fully saturated rings. The van der Waals surface area contributed by atoms with Gasteiger partial charge in [0.25, 0.3) is 0 Å². The SMILES string of the molecule is COC(=O)c1ccccc1CN(CCC#N)C(C)C. The quantitative estimate of drug-likeness (QED) is 0.738. The Bertz CT molecular complexity index is 463. The molecule has 0 N–H and O–H groups in total. The molecular weight excluding hydrogens is 240 g/mol. The van der Waals surface area contributed by atoms with E-state index in [2.05, 4.69) is 24.8 Å². The van der Waals surface area contributed by atoms with Crippen LogP contribution in [-0.4, -0.2) is 30.6 Å². The molecular formula is C15H20N2O2. The number of hydrogen-bond donors (Lipinski definition) is 0. The lowest BCUT2D eigenvalue weighted by atomic mass is 10.1. The average molecular weight is 260 g/mol. The van der Waals surface area contributed by atoms with Gasteiger partial charge in [0.15, 0.2) is 0 Å². The number of ether oxygens (including phenoxy) is 1. The number of nitriles is 1. The summed E-state index contributed by atoms with van der Waals surface area (Å²) in [5.74, 6) is -0.320. The minimum absolute atomic E-state index is 0.319. The Kier molecular flexibility index (Phi) is 6.04. The highest BCUT2D eigenvalue weighted by atomic mass is 16.5. The molecule has 0 saturated carbocycles. The molecule has 0 aromatic heterocycles. The van der Waals surface area contributed by atoms with Crippen molar-refractivity contribution in [3.8, 4) is 6.07 Å². The normalized spacial score (nSPS) is 10.5. The first-order chi connectivity index (χ1) is 9.10. The lowest BCUT2D eigenvalue weighted by molar-refractivity contribution is 0.0597. The molecule has 0 amide bonds. The van der Waals surface area contributed by atoms with Crippen LogP contribution in [0.2, 0.25) is 0 Å². The molecule has 1 rings (SSSR count). The molecule has 0 aliphatic heterocycles. The van der Waals surface area contributed by atoms with Gasteiger partial charge in [-0.3, -0.25) is 4.90 Å². The zero-order chi connectivity index (χ0) is 14.3. The number of carbonyl (C=O) groups excluding carboxylic acids is 1. The summed E-state index contributed by atoms with van der Waals surface area (Å²) < 4.78 is 4.79. The molecule has 0 aliphatic rings. The van der Waals surface area contributed by atoms with Gasteiger partial charge in [-0.25, -0.2) is 4.79 Å². The van der Waals surface area contributed by atoms with E-state index >= 15 is 0 Å². The summed E-state index contributed by atoms with van der Waals surface area (Å²) in [6.45, 7) is 5.50. The number of hydrogen-bond acceptors (Lipinski definition) is 4. The largest absolute Gasteiger partial charge is 0.465 e. The van der Waals surface area contributed by atoms with Gasteiger partial charge in [-0.05, 0) is 25.5 Å². The summed E-state index contributed by atoms with van der Waals surface area (Å²) in [5, 5.41) is 8.69. The lowest BCUT2D eigenvalue weighted by Gasteiger charge is -2.26. The highest BCUT2D eigenvalue weighted by Crippen LogP contribution is 2.15. The third-order valence-electron chi connectivity index (χ3n) is 3.04. The molecule has 0 bridgehead atoms. The van der Waals surface area contributed by atoms with Gasteiger partial charge in [-0.2, -0.15) is 5.26 Å². The average Bonchev–Trinajstić information content (AvgIpc) is 2.42. The summed E-state index contributed by atoms with van der Waals surface area (Å²) in [7, 11) is 1.38. The van der Waals surface area contributed by atoms with Gasteiger partial charge in [0.1, 0.15) is 0 Å². The Labute approximate surface area is 114 Å². The number of benzene rings is 1. The Morgan fingerprint density at radius 3 is 2.68 bits per heavy atom. The fourth-order valence-corrected chi connectivity index (χ4v) is 1.90. The molecule has 0 atom stereocenters. The van der Waals surface area contributed by atoms with Crippen LogP contribution in [0.3, 0.4) is 0 Å². The first-order valence-electron chi connectivity index (χ1n) is 6.37. The summed E-state index contributed by atoms with van der Waals surface area (Å²) in [6, 6.07) is 9.90. The van der Waals surface area contributed by atoms with Crippen LogP contribution in [0.5, 0.6) is 0 Å². The lowest BCUT2D eigenvalue weighted by Crippen LogP contribution is -2.31. The van der Waals surface area contributed by atoms with Gasteiger partial charge >= 0.3 is 5.97 Å². The topological polar surface area (TPSA) is 53.3 Å². The van der Waals surface area contributed by atoms with E-state index in [1.54, 1.807) is 6.07 Å². The Morgan fingerprint density at radius 2 is 2.11 bits per heavy atom. The van der Waals surface area contributed by atoms with Gasteiger partial charge in [-0.1, -0.05) is 18.2 Å². The van der Waals surface area contributed by atoms with Gasteiger partial charge in [0, 0.05) is 25.6 Å². The first-order valence-corrected chi connectivity index (χ1v) is 6.37. The molecule has 0 aliphatic carbocycles. The van der Waals surface area contributed by atoms with Crippen LogP contribution >= 0.6 is 0 Å². The standard InChI is InChI=1S/C15H20N2O2/c1-12(2)17(10-6-9-16)11-13-7-4-5-8-14(13)15(18)19-3/h4-5,7-8,12H,6,10-11H2,1-3H3. The maximum atomic E-state index is 11.7. The van der Waals surface area contributed by atoms with Gasteiger partial charge in [0.05, 0.1) is 18.7 Å². The van der Waals surface area contributed by atoms with E-state index < -0.39 is 0 Å². The van der Waals surface area contributed by atoms with Crippen molar-refractivity contribution in [2.45, 2.75) is 32.9 Å². The highest BCUT2D eigenvalue weighted by Gasteiger charge is 2.15. The third kappa shape index (κ3) is 4.38. The number of esters is 1. The van der Waals surface area contributed by atoms with Crippen molar-refractivity contribution in [1.82, 2.24) is 4.90 Å². The summed E-state index contributed by atoms with van der Waals surface area (Å²) >= 11 is 0. The van der Waals surface area contributed by atoms with Crippen molar-refractivity contribution in [1.29, 1.82) is 5.26 Å². The minimum Gasteiger partial charge on any atom is -0.465 e. The summed E-state index contributed by atoms with van der Waals surface area (Å²) in [5.41, 5.74) is 1.52. The maximum Gasteiger partial charge on any atom is 0.338 e. The van der Waals surface area contributed by atoms with Gasteiger partial charge in [-0.15, -0.1) is 0 Å². The fourth-order valence-electron chi connectivity index (χ4n) is 1.90. The molecule has 0 saturated heterocycles. The molecule has 0 radical (unpaired) electrons. The van der Waals surface area contributed by atoms with Crippen molar-refractivity contribution in [2.24, 2.45) is 0 Å². The van der Waals surface area contributed by atoms with Crippen LogP contribution in [-0.2, 0) is 11.3 Å². The predicted octanol–water partition coefficient (Wildman–Crippen LogP) is 2.60. The Hall–Kier alpha value is -1.86. The second-order valence-corrected chi connectivity index (χ2v) is 4.62. The first kappa shape index (κ1) is 15.2. The zero-order valence-corrected chi connectivity index (χ0v) is 11.7. The van der Waals surface area contributed by atoms with Crippen LogP contribution in [0, 0.1) is 11.3 Å². The summed E-state index contributed by atoms with van der Waals surface area (Å²) in [4.78, 5) is 13.9. The van der Waals surface area contributed by atoms with E-state index in [-0.39, 0.29) is 5.97 Å². The fraction of sp³-hybridized carbons (Fsp3) is 0.467. The second kappa shape index (κ2) is 7.55. The van der Waals surface area contributed by atoms with Crippen LogP contribution < -0.4 is 0 Å². The van der Waals surface area contributed by atoms with E-state index in [0.29, 0.717) is 31.1 Å². The Balaban J connectivity index is 2.90. The number of carbonyl (C=O) groups is 1. The third-order valence-corrected chi connectivity index (χ3v) is 3.04. The smallest absolute Gasteiger partial charge is 0.338 e. The van der Waals surface area contributed by atoms with Crippen LogP contribution in [0.4, 0.5) is 0 Å².